The number of benzene rings is 1. The fraction of sp³-hybridized carbons (Fsp3) is 0.625. The van der Waals surface area contributed by atoms with Crippen LogP contribution in [-0.2, 0) is 4.74 Å². The lowest BCUT2D eigenvalue weighted by Crippen LogP contribution is -2.71. The van der Waals surface area contributed by atoms with Gasteiger partial charge in [-0.2, -0.15) is 57.1 Å². The number of ether oxygens (including phenoxy) is 2. The molecule has 0 bridgehead atoms. The summed E-state index contributed by atoms with van der Waals surface area (Å²) in [7, 11) is 0. The van der Waals surface area contributed by atoms with Gasteiger partial charge in [-0.3, -0.25) is 0 Å². The molecule has 0 spiro atoms. The molecular formula is C16H13F13O2. The number of halogens is 13. The summed E-state index contributed by atoms with van der Waals surface area (Å²) < 4.78 is 179. The summed E-state index contributed by atoms with van der Waals surface area (Å²) in [5.74, 6) is -37.0. The van der Waals surface area contributed by atoms with Gasteiger partial charge in [-0.1, -0.05) is 18.2 Å². The Kier molecular flexibility index (Phi) is 7.47. The number of rotatable bonds is 10. The Bertz CT molecular complexity index is 716. The van der Waals surface area contributed by atoms with E-state index in [9.17, 15) is 57.1 Å². The fourth-order valence-corrected chi connectivity index (χ4v) is 2.04. The van der Waals surface area contributed by atoms with Gasteiger partial charge in [-0.15, -0.1) is 0 Å². The van der Waals surface area contributed by atoms with Crippen molar-refractivity contribution in [3.8, 4) is 5.75 Å². The molecule has 1 rings (SSSR count). The first-order chi connectivity index (χ1) is 13.7. The molecule has 0 N–H and O–H groups in total. The molecule has 0 heterocycles. The molecule has 0 aliphatic carbocycles. The first-order valence-corrected chi connectivity index (χ1v) is 8.00. The second kappa shape index (κ2) is 8.54. The maximum Gasteiger partial charge on any atom is 0.460 e. The van der Waals surface area contributed by atoms with Gasteiger partial charge in [0.1, 0.15) is 18.5 Å². The average Bonchev–Trinajstić information content (AvgIpc) is 2.64. The van der Waals surface area contributed by atoms with E-state index in [4.69, 9.17) is 4.74 Å². The Labute approximate surface area is 165 Å². The van der Waals surface area contributed by atoms with E-state index in [2.05, 4.69) is 4.74 Å². The normalized spacial score (nSPS) is 15.7. The van der Waals surface area contributed by atoms with Crippen LogP contribution in [0.25, 0.3) is 0 Å². The van der Waals surface area contributed by atoms with Gasteiger partial charge >= 0.3 is 35.8 Å². The topological polar surface area (TPSA) is 18.5 Å². The van der Waals surface area contributed by atoms with Crippen LogP contribution in [0, 0.1) is 0 Å². The van der Waals surface area contributed by atoms with Crippen LogP contribution >= 0.6 is 0 Å². The van der Waals surface area contributed by atoms with Crippen LogP contribution in [0.2, 0.25) is 0 Å². The second-order valence-electron chi connectivity index (χ2n) is 6.09. The van der Waals surface area contributed by atoms with Crippen molar-refractivity contribution in [3.63, 3.8) is 0 Å². The molecule has 2 nitrogen and oxygen atoms in total. The van der Waals surface area contributed by atoms with Crippen LogP contribution < -0.4 is 4.74 Å². The quantitative estimate of drug-likeness (QED) is 0.291. The minimum Gasteiger partial charge on any atom is -0.491 e. The standard InChI is InChI=1S/C16H13F13O2/c1-9(30-7-8-31-10-5-3-2-4-6-10)11(17,18)12(19,20)13(21,22)14(23,24)15(25,26)16(27,28)29/h2-6,9H,7-8H2,1H3. The molecule has 1 aromatic rings. The summed E-state index contributed by atoms with van der Waals surface area (Å²) in [5.41, 5.74) is 0. The lowest BCUT2D eigenvalue weighted by Gasteiger charge is -2.41. The van der Waals surface area contributed by atoms with Crippen LogP contribution in [0.5, 0.6) is 5.75 Å². The first-order valence-electron chi connectivity index (χ1n) is 8.00. The Morgan fingerprint density at radius 2 is 1.10 bits per heavy atom. The van der Waals surface area contributed by atoms with E-state index < -0.39 is 55.1 Å². The largest absolute Gasteiger partial charge is 0.491 e. The van der Waals surface area contributed by atoms with Crippen molar-refractivity contribution in [2.75, 3.05) is 13.2 Å². The molecule has 0 aromatic heterocycles. The van der Waals surface area contributed by atoms with Crippen LogP contribution in [0.1, 0.15) is 6.92 Å². The van der Waals surface area contributed by atoms with E-state index in [0.717, 1.165) is 0 Å². The van der Waals surface area contributed by atoms with Crippen LogP contribution in [0.15, 0.2) is 30.3 Å². The number of alkyl halides is 13. The molecule has 0 aliphatic rings. The maximum absolute atomic E-state index is 13.8. The first kappa shape index (κ1) is 27.1. The molecule has 1 atom stereocenters. The summed E-state index contributed by atoms with van der Waals surface area (Å²) in [4.78, 5) is 0. The molecule has 1 aromatic carbocycles. The summed E-state index contributed by atoms with van der Waals surface area (Å²) in [6.45, 7) is -1.59. The smallest absolute Gasteiger partial charge is 0.460 e. The maximum atomic E-state index is 13.8. The minimum absolute atomic E-state index is 0.00650. The lowest BCUT2D eigenvalue weighted by molar-refractivity contribution is -0.444. The Morgan fingerprint density at radius 3 is 1.55 bits per heavy atom. The van der Waals surface area contributed by atoms with Gasteiger partial charge in [-0.05, 0) is 19.1 Å². The summed E-state index contributed by atoms with van der Waals surface area (Å²) >= 11 is 0. The van der Waals surface area contributed by atoms with Crippen molar-refractivity contribution >= 4 is 0 Å². The van der Waals surface area contributed by atoms with Gasteiger partial charge in [0, 0.05) is 0 Å². The highest BCUT2D eigenvalue weighted by molar-refractivity contribution is 5.20. The van der Waals surface area contributed by atoms with Gasteiger partial charge < -0.3 is 9.47 Å². The molecule has 1 unspecified atom stereocenters. The van der Waals surface area contributed by atoms with Gasteiger partial charge in [0.15, 0.2) is 0 Å². The zero-order chi connectivity index (χ0) is 24.5. The van der Waals surface area contributed by atoms with Crippen molar-refractivity contribution in [1.29, 1.82) is 0 Å². The van der Waals surface area contributed by atoms with Crippen molar-refractivity contribution in [3.05, 3.63) is 30.3 Å². The van der Waals surface area contributed by atoms with Gasteiger partial charge in [0.2, 0.25) is 0 Å². The zero-order valence-electron chi connectivity index (χ0n) is 15.1. The highest BCUT2D eigenvalue weighted by Crippen LogP contribution is 2.60. The van der Waals surface area contributed by atoms with Crippen LogP contribution in [-0.4, -0.2) is 55.1 Å². The molecule has 0 saturated heterocycles. The van der Waals surface area contributed by atoms with E-state index in [1.807, 2.05) is 0 Å². The number of para-hydroxylation sites is 1. The molecule has 180 valence electrons. The van der Waals surface area contributed by atoms with E-state index in [1.165, 1.54) is 24.3 Å². The summed E-state index contributed by atoms with van der Waals surface area (Å²) in [6.07, 6.45) is -10.8. The van der Waals surface area contributed by atoms with E-state index in [0.29, 0.717) is 0 Å². The predicted octanol–water partition coefficient (Wildman–Crippen LogP) is 6.21. The number of hydrogen-bond acceptors (Lipinski definition) is 2. The van der Waals surface area contributed by atoms with Crippen molar-refractivity contribution < 1.29 is 66.5 Å². The van der Waals surface area contributed by atoms with Crippen LogP contribution in [0.3, 0.4) is 0 Å². The molecule has 0 fully saturated rings. The van der Waals surface area contributed by atoms with E-state index in [-0.39, 0.29) is 12.7 Å². The Morgan fingerprint density at radius 1 is 0.645 bits per heavy atom. The summed E-state index contributed by atoms with van der Waals surface area (Å²) in [6, 6.07) is 7.26. The SMILES string of the molecule is CC(OCCOc1ccccc1)C(F)(F)C(F)(F)C(F)(F)C(F)(F)C(F)(F)C(F)(F)F. The molecule has 0 radical (unpaired) electrons. The fourth-order valence-electron chi connectivity index (χ4n) is 2.04. The average molecular weight is 484 g/mol. The molecule has 31 heavy (non-hydrogen) atoms. The number of hydrogen-bond donors (Lipinski definition) is 0. The van der Waals surface area contributed by atoms with Crippen molar-refractivity contribution in [2.45, 2.75) is 48.8 Å². The lowest BCUT2D eigenvalue weighted by atomic mass is 9.92. The van der Waals surface area contributed by atoms with Gasteiger partial charge in [-0.25, -0.2) is 0 Å². The Balaban J connectivity index is 3.01. The molecule has 15 heteroatoms. The zero-order valence-corrected chi connectivity index (χ0v) is 15.1. The van der Waals surface area contributed by atoms with Crippen molar-refractivity contribution in [2.24, 2.45) is 0 Å². The molecule has 0 saturated carbocycles. The van der Waals surface area contributed by atoms with Gasteiger partial charge in [0.05, 0.1) is 6.61 Å². The molecule has 0 amide bonds. The second-order valence-corrected chi connectivity index (χ2v) is 6.09. The van der Waals surface area contributed by atoms with Crippen LogP contribution in [0.4, 0.5) is 57.1 Å². The highest BCUT2D eigenvalue weighted by Gasteiger charge is 2.91. The molecular weight excluding hydrogens is 471 g/mol. The molecule has 0 aliphatic heterocycles. The third-order valence-corrected chi connectivity index (χ3v) is 3.93. The third-order valence-electron chi connectivity index (χ3n) is 3.93. The third kappa shape index (κ3) is 4.65. The van der Waals surface area contributed by atoms with E-state index >= 15 is 0 Å². The summed E-state index contributed by atoms with van der Waals surface area (Å²) in [5, 5.41) is 0. The van der Waals surface area contributed by atoms with Crippen molar-refractivity contribution in [1.82, 2.24) is 0 Å². The monoisotopic (exact) mass is 484 g/mol. The minimum atomic E-state index is -7.93. The van der Waals surface area contributed by atoms with Gasteiger partial charge in [0.25, 0.3) is 0 Å². The Hall–Kier alpha value is -1.93. The van der Waals surface area contributed by atoms with E-state index in [1.54, 1.807) is 6.07 Å². The predicted molar refractivity (Wildman–Crippen MR) is 78.1 cm³/mol. The highest BCUT2D eigenvalue weighted by atomic mass is 19.4.